The largest absolute Gasteiger partial charge is 0.433 e. The first-order valence-electron chi connectivity index (χ1n) is 8.55. The van der Waals surface area contributed by atoms with Gasteiger partial charge in [0.15, 0.2) is 0 Å². The van der Waals surface area contributed by atoms with Crippen molar-refractivity contribution in [3.8, 4) is 0 Å². The smallest absolute Gasteiger partial charge is 0.355 e. The summed E-state index contributed by atoms with van der Waals surface area (Å²) in [4.78, 5) is 16.5. The van der Waals surface area contributed by atoms with Gasteiger partial charge in [0.25, 0.3) is 0 Å². The monoisotopic (exact) mass is 369 g/mol. The first-order valence-corrected chi connectivity index (χ1v) is 8.55. The number of carbonyl (C=O) groups is 1. The zero-order valence-corrected chi connectivity index (χ0v) is 14.8. The molecule has 1 fully saturated rings. The molecular weight excluding hydrogens is 347 g/mol. The lowest BCUT2D eigenvalue weighted by atomic mass is 10.1. The van der Waals surface area contributed by atoms with Crippen LogP contribution in [0.2, 0.25) is 0 Å². The van der Waals surface area contributed by atoms with Crippen LogP contribution in [0, 0.1) is 18.3 Å². The summed E-state index contributed by atoms with van der Waals surface area (Å²) >= 11 is 0. The van der Waals surface area contributed by atoms with Gasteiger partial charge in [-0.05, 0) is 31.7 Å². The molecule has 2 aromatic heterocycles. The Bertz CT molecular complexity index is 762. The van der Waals surface area contributed by atoms with E-state index in [0.29, 0.717) is 18.8 Å². The molecule has 0 unspecified atom stereocenters. The molecule has 1 aliphatic rings. The summed E-state index contributed by atoms with van der Waals surface area (Å²) in [5.74, 6) is -0.228. The third-order valence-corrected chi connectivity index (χ3v) is 4.67. The van der Waals surface area contributed by atoms with Crippen LogP contribution in [-0.2, 0) is 24.1 Å². The van der Waals surface area contributed by atoms with Gasteiger partial charge in [-0.1, -0.05) is 6.92 Å². The second-order valence-electron chi connectivity index (χ2n) is 7.18. The van der Waals surface area contributed by atoms with Crippen LogP contribution in [0.15, 0.2) is 24.8 Å². The van der Waals surface area contributed by atoms with Gasteiger partial charge in [-0.2, -0.15) is 18.3 Å². The zero-order chi connectivity index (χ0) is 18.9. The lowest BCUT2D eigenvalue weighted by Gasteiger charge is -2.19. The van der Waals surface area contributed by atoms with Gasteiger partial charge in [-0.25, -0.2) is 4.98 Å². The zero-order valence-electron chi connectivity index (χ0n) is 14.8. The number of halogens is 3. The fourth-order valence-electron chi connectivity index (χ4n) is 3.06. The maximum Gasteiger partial charge on any atom is 0.433 e. The Kier molecular flexibility index (Phi) is 4.81. The second kappa shape index (κ2) is 6.77. The Labute approximate surface area is 149 Å². The lowest BCUT2D eigenvalue weighted by Crippen LogP contribution is -2.38. The average Bonchev–Trinajstić information content (AvgIpc) is 2.96. The van der Waals surface area contributed by atoms with Crippen molar-refractivity contribution in [1.29, 1.82) is 0 Å². The van der Waals surface area contributed by atoms with E-state index in [1.165, 1.54) is 6.92 Å². The van der Waals surface area contributed by atoms with Crippen LogP contribution in [-0.4, -0.2) is 31.8 Å². The molecule has 26 heavy (non-hydrogen) atoms. The molecule has 1 aliphatic carbocycles. The number of alkyl halides is 3. The predicted molar refractivity (Wildman–Crippen MR) is 88.0 cm³/mol. The van der Waals surface area contributed by atoms with Gasteiger partial charge in [0.05, 0.1) is 17.4 Å². The Morgan fingerprint density at radius 2 is 2.15 bits per heavy atom. The molecule has 0 radical (unpaired) electrons. The summed E-state index contributed by atoms with van der Waals surface area (Å²) in [7, 11) is 0. The van der Waals surface area contributed by atoms with E-state index in [0.717, 1.165) is 23.6 Å². The Morgan fingerprint density at radius 1 is 1.42 bits per heavy atom. The molecule has 9 heteroatoms. The number of amides is 1. The summed E-state index contributed by atoms with van der Waals surface area (Å²) in [6, 6.07) is 1.04. The SMILES string of the molecule is Cc1cc(C(F)(F)F)n(C[C@H](C)CNC(=O)C2(Cn3ccnc3)CC2)n1. The molecule has 2 aromatic rings. The lowest BCUT2D eigenvalue weighted by molar-refractivity contribution is -0.144. The van der Waals surface area contributed by atoms with Gasteiger partial charge in [0.2, 0.25) is 5.91 Å². The van der Waals surface area contributed by atoms with Gasteiger partial charge in [-0.3, -0.25) is 9.48 Å². The number of nitrogens with zero attached hydrogens (tertiary/aromatic N) is 4. The van der Waals surface area contributed by atoms with Crippen molar-refractivity contribution >= 4 is 5.91 Å². The van der Waals surface area contributed by atoms with Crippen molar-refractivity contribution in [3.05, 3.63) is 36.2 Å². The highest BCUT2D eigenvalue weighted by Crippen LogP contribution is 2.47. The number of hydrogen-bond donors (Lipinski definition) is 1. The molecule has 0 bridgehead atoms. The summed E-state index contributed by atoms with van der Waals surface area (Å²) in [5.41, 5.74) is -0.849. The molecule has 0 spiro atoms. The van der Waals surface area contributed by atoms with Crippen molar-refractivity contribution < 1.29 is 18.0 Å². The van der Waals surface area contributed by atoms with Crippen LogP contribution < -0.4 is 5.32 Å². The number of imidazole rings is 1. The van der Waals surface area contributed by atoms with Gasteiger partial charge >= 0.3 is 6.18 Å². The standard InChI is InChI=1S/C17H22F3N5O/c1-12(9-25-14(17(18,19)20)7-13(2)23-25)8-22-15(26)16(3-4-16)10-24-6-5-21-11-24/h5-7,11-12H,3-4,8-10H2,1-2H3,(H,22,26)/t12-/m1/s1. The third kappa shape index (κ3) is 4.08. The minimum absolute atomic E-state index is 0.0502. The fraction of sp³-hybridized carbons (Fsp3) is 0.588. The van der Waals surface area contributed by atoms with Crippen molar-refractivity contribution in [2.24, 2.45) is 11.3 Å². The Balaban J connectivity index is 1.55. The first-order chi connectivity index (χ1) is 12.2. The van der Waals surface area contributed by atoms with Crippen molar-refractivity contribution in [2.45, 2.75) is 46.0 Å². The van der Waals surface area contributed by atoms with Gasteiger partial charge < -0.3 is 9.88 Å². The summed E-state index contributed by atoms with van der Waals surface area (Å²) in [6.07, 6.45) is 2.33. The number of carbonyl (C=O) groups excluding carboxylic acids is 1. The van der Waals surface area contributed by atoms with E-state index in [-0.39, 0.29) is 18.4 Å². The van der Waals surface area contributed by atoms with Gasteiger partial charge in [0, 0.05) is 32.0 Å². The van der Waals surface area contributed by atoms with E-state index >= 15 is 0 Å². The fourth-order valence-corrected chi connectivity index (χ4v) is 3.06. The van der Waals surface area contributed by atoms with E-state index in [9.17, 15) is 18.0 Å². The average molecular weight is 369 g/mol. The number of hydrogen-bond acceptors (Lipinski definition) is 3. The van der Waals surface area contributed by atoms with E-state index in [4.69, 9.17) is 0 Å². The number of aryl methyl sites for hydroxylation is 1. The molecule has 1 atom stereocenters. The molecule has 1 saturated carbocycles. The minimum Gasteiger partial charge on any atom is -0.355 e. The predicted octanol–water partition coefficient (Wildman–Crippen LogP) is 2.64. The van der Waals surface area contributed by atoms with Gasteiger partial charge in [0.1, 0.15) is 5.69 Å². The molecule has 1 amide bonds. The van der Waals surface area contributed by atoms with E-state index in [1.54, 1.807) is 19.4 Å². The van der Waals surface area contributed by atoms with E-state index in [1.807, 2.05) is 10.8 Å². The number of nitrogens with one attached hydrogen (secondary N) is 1. The van der Waals surface area contributed by atoms with Crippen molar-refractivity contribution in [2.75, 3.05) is 6.54 Å². The highest BCUT2D eigenvalue weighted by Gasteiger charge is 2.49. The van der Waals surface area contributed by atoms with Crippen LogP contribution >= 0.6 is 0 Å². The Morgan fingerprint density at radius 3 is 2.73 bits per heavy atom. The molecule has 3 rings (SSSR count). The maximum atomic E-state index is 13.0. The van der Waals surface area contributed by atoms with E-state index in [2.05, 4.69) is 15.4 Å². The van der Waals surface area contributed by atoms with Crippen LogP contribution in [0.1, 0.15) is 31.2 Å². The second-order valence-corrected chi connectivity index (χ2v) is 7.18. The summed E-state index contributed by atoms with van der Waals surface area (Å²) in [6.45, 7) is 4.31. The van der Waals surface area contributed by atoms with Crippen LogP contribution in [0.25, 0.3) is 0 Å². The Hall–Kier alpha value is -2.32. The normalized spacial score (nSPS) is 17.1. The molecule has 2 heterocycles. The van der Waals surface area contributed by atoms with Crippen LogP contribution in [0.5, 0.6) is 0 Å². The van der Waals surface area contributed by atoms with Crippen molar-refractivity contribution in [1.82, 2.24) is 24.6 Å². The first kappa shape index (κ1) is 18.5. The quantitative estimate of drug-likeness (QED) is 0.816. The molecule has 6 nitrogen and oxygen atoms in total. The number of aromatic nitrogens is 4. The summed E-state index contributed by atoms with van der Waals surface area (Å²) in [5, 5.41) is 6.82. The maximum absolute atomic E-state index is 13.0. The molecule has 1 N–H and O–H groups in total. The molecule has 142 valence electrons. The summed E-state index contributed by atoms with van der Waals surface area (Å²) < 4.78 is 41.9. The molecular formula is C17H22F3N5O. The van der Waals surface area contributed by atoms with Crippen molar-refractivity contribution in [3.63, 3.8) is 0 Å². The topological polar surface area (TPSA) is 64.7 Å². The third-order valence-electron chi connectivity index (χ3n) is 4.67. The van der Waals surface area contributed by atoms with E-state index < -0.39 is 17.3 Å². The number of rotatable bonds is 7. The minimum atomic E-state index is -4.44. The molecule has 0 saturated heterocycles. The highest BCUT2D eigenvalue weighted by atomic mass is 19.4. The van der Waals surface area contributed by atoms with Gasteiger partial charge in [-0.15, -0.1) is 0 Å². The highest BCUT2D eigenvalue weighted by molar-refractivity contribution is 5.85. The van der Waals surface area contributed by atoms with Crippen LogP contribution in [0.4, 0.5) is 13.2 Å². The molecule has 0 aromatic carbocycles. The molecule has 0 aliphatic heterocycles. The van der Waals surface area contributed by atoms with Crippen LogP contribution in [0.3, 0.4) is 0 Å².